The molecule has 2 aliphatic heterocycles. The van der Waals surface area contributed by atoms with E-state index in [-0.39, 0.29) is 56.6 Å². The summed E-state index contributed by atoms with van der Waals surface area (Å²) in [5.41, 5.74) is 25.2. The van der Waals surface area contributed by atoms with Crippen LogP contribution in [0.25, 0.3) is 33.1 Å². The van der Waals surface area contributed by atoms with E-state index in [4.69, 9.17) is 13.6 Å². The monoisotopic (exact) mass is 1640 g/mol. The molecule has 13 aromatic rings. The number of carbonyl (C=O) groups is 5. The van der Waals surface area contributed by atoms with Crippen molar-refractivity contribution >= 4 is 96.8 Å². The molecule has 0 bridgehead atoms. The number of nitrogens with one attached hydrogen (secondary N) is 5. The maximum atomic E-state index is 12.3. The van der Waals surface area contributed by atoms with E-state index in [1.807, 2.05) is 86.0 Å². The quantitative estimate of drug-likeness (QED) is 0.0484. The van der Waals surface area contributed by atoms with E-state index in [0.717, 1.165) is 114 Å². The molecule has 17 nitrogen and oxygen atoms in total. The largest absolute Gasteiger partial charge is 0.493 e. The predicted molar refractivity (Wildman–Crippen MR) is 500 cm³/mol. The van der Waals surface area contributed by atoms with Gasteiger partial charge in [0.15, 0.2) is 24.0 Å². The Bertz CT molecular complexity index is 5540. The van der Waals surface area contributed by atoms with Gasteiger partial charge >= 0.3 is 0 Å². The second-order valence-electron chi connectivity index (χ2n) is 37.2. The van der Waals surface area contributed by atoms with Crippen molar-refractivity contribution in [3.8, 4) is 5.75 Å². The smallest absolute Gasteiger partial charge is 0.224 e. The van der Waals surface area contributed by atoms with Gasteiger partial charge in [-0.25, -0.2) is 9.97 Å². The zero-order valence-corrected chi connectivity index (χ0v) is 74.5. The van der Waals surface area contributed by atoms with Crippen molar-refractivity contribution in [1.29, 1.82) is 0 Å². The maximum Gasteiger partial charge on any atom is 0.224 e. The highest BCUT2D eigenvalue weighted by Gasteiger charge is 2.22. The SMILES string of the molecule is CC(C)(C)c1ccc(CCC(=O)Nc2ccc3c(c2)CCO3)cc1.CC(C)(C)c1ccc(CCC(=O)Nc2ccc3ncoc3c2)cc1.CC(C)(C)c1ccc(CCC(=O)Nc2ccc3ocnc3c2)cc1.CN1CCc2cc(NC(=O)CCc3ccc(C(C)(C)C)cc3)ccc21.Cn1ccc2cc(NC(=O)CCc3ccc(C(C)(C)C)cc3)ccc21. The minimum absolute atomic E-state index is 0.00209. The molecule has 3 aromatic heterocycles. The van der Waals surface area contributed by atoms with Crippen LogP contribution in [0.15, 0.2) is 246 Å². The van der Waals surface area contributed by atoms with E-state index in [9.17, 15) is 24.0 Å². The minimum Gasteiger partial charge on any atom is -0.493 e. The number of ether oxygens (including phenoxy) is 1. The van der Waals surface area contributed by atoms with Gasteiger partial charge in [0.25, 0.3) is 0 Å². The third-order valence-electron chi connectivity index (χ3n) is 22.2. The maximum absolute atomic E-state index is 12.3. The summed E-state index contributed by atoms with van der Waals surface area (Å²) >= 11 is 0. The third kappa shape index (κ3) is 26.8. The Kier molecular flexibility index (Phi) is 29.9. The molecule has 0 radical (unpaired) electrons. The van der Waals surface area contributed by atoms with Crippen molar-refractivity contribution < 1.29 is 37.5 Å². The number of hydrogen-bond acceptors (Lipinski definition) is 11. The van der Waals surface area contributed by atoms with E-state index in [0.29, 0.717) is 43.3 Å². The first-order valence-corrected chi connectivity index (χ1v) is 42.7. The lowest BCUT2D eigenvalue weighted by molar-refractivity contribution is -0.117. The molecule has 15 rings (SSSR count). The Labute approximate surface area is 721 Å². The number of carbonyl (C=O) groups excluding carboxylic acids is 5. The van der Waals surface area contributed by atoms with Crippen LogP contribution in [0.1, 0.15) is 203 Å². The number of amides is 5. The van der Waals surface area contributed by atoms with Gasteiger partial charge in [0.05, 0.1) is 6.61 Å². The number of hydrogen-bond donors (Lipinski definition) is 5. The molecule has 5 N–H and O–H groups in total. The molecule has 0 saturated carbocycles. The highest BCUT2D eigenvalue weighted by Crippen LogP contribution is 2.33. The average molecular weight is 1640 g/mol. The first-order valence-electron chi connectivity index (χ1n) is 42.7. The van der Waals surface area contributed by atoms with Gasteiger partial charge in [-0.15, -0.1) is 0 Å². The molecule has 0 unspecified atom stereocenters. The van der Waals surface area contributed by atoms with Crippen molar-refractivity contribution in [3.63, 3.8) is 0 Å². The number of rotatable bonds is 20. The fourth-order valence-corrected chi connectivity index (χ4v) is 14.4. The first kappa shape index (κ1) is 90.4. The molecule has 5 heterocycles. The van der Waals surface area contributed by atoms with Crippen LogP contribution in [-0.4, -0.2) is 64.3 Å². The minimum atomic E-state index is -0.00577. The molecule has 0 atom stereocenters. The average Bonchev–Trinajstić information content (AvgIpc) is 1.70. The molecule has 5 amide bonds. The van der Waals surface area contributed by atoms with Crippen molar-refractivity contribution in [2.45, 2.75) is 208 Å². The molecule has 122 heavy (non-hydrogen) atoms. The Morgan fingerprint density at radius 2 is 0.689 bits per heavy atom. The summed E-state index contributed by atoms with van der Waals surface area (Å²) in [6.45, 7) is 34.8. The summed E-state index contributed by atoms with van der Waals surface area (Å²) in [5.74, 6) is 1.11. The summed E-state index contributed by atoms with van der Waals surface area (Å²) in [7, 11) is 4.13. The number of anilines is 6. The van der Waals surface area contributed by atoms with Crippen molar-refractivity contribution in [2.75, 3.05) is 51.7 Å². The highest BCUT2D eigenvalue weighted by atomic mass is 16.5. The van der Waals surface area contributed by atoms with E-state index in [1.165, 1.54) is 85.2 Å². The fraction of sp³-hybridized carbons (Fsp3) is 0.343. The molecular weight excluding hydrogens is 1520 g/mol. The second-order valence-corrected chi connectivity index (χ2v) is 37.2. The number of aryl methyl sites for hydroxylation is 6. The molecule has 636 valence electrons. The summed E-state index contributed by atoms with van der Waals surface area (Å²) in [6.07, 6.45) is 12.9. The molecule has 0 saturated heterocycles. The van der Waals surface area contributed by atoms with E-state index in [2.05, 4.69) is 296 Å². The molecular formula is C105H123N9O8. The third-order valence-corrected chi connectivity index (χ3v) is 22.2. The normalized spacial score (nSPS) is 12.4. The van der Waals surface area contributed by atoms with E-state index >= 15 is 0 Å². The first-order chi connectivity index (χ1) is 57.9. The number of oxazole rings is 2. The molecule has 10 aromatic carbocycles. The molecule has 2 aliphatic rings. The molecule has 0 spiro atoms. The van der Waals surface area contributed by atoms with Crippen LogP contribution in [0.2, 0.25) is 0 Å². The number of aromatic nitrogens is 3. The van der Waals surface area contributed by atoms with Crippen LogP contribution in [0.3, 0.4) is 0 Å². The van der Waals surface area contributed by atoms with Gasteiger partial charge in [-0.3, -0.25) is 24.0 Å². The van der Waals surface area contributed by atoms with Crippen LogP contribution < -0.4 is 36.2 Å². The standard InChI is InChI=1S/C22H28N2O.C22H26N2O.C21H25NO2.2C20H22N2O2/c2*1-22(2,3)18-8-5-16(6-9-18)7-12-21(25)23-19-10-11-20-17(15-19)13-14-24(20)4;1-21(2,3)17-7-4-15(5-8-17)6-11-20(23)22-18-9-10-19-16(14-18)12-13-24-19;1-20(2,3)15-7-4-14(5-8-15)6-11-19(23)22-16-9-10-18-17(12-16)21-13-24-18;1-20(2,3)15-7-4-14(5-8-15)6-11-19(23)22-16-9-10-17-18(12-16)24-13-21-17/h5-6,8-11,15H,7,12-14H2,1-4H3,(H,23,25);5-6,8-11,13-15H,7,12H2,1-4H3,(H,23,25);4-5,7-10,14H,6,11-13H2,1-3H3,(H,22,23);2*4-5,7-10,12-13H,6,11H2,1-3H3,(H,22,23). The fourth-order valence-electron chi connectivity index (χ4n) is 14.4. The topological polar surface area (TPSA) is 215 Å². The van der Waals surface area contributed by atoms with Gasteiger partial charge in [-0.2, -0.15) is 0 Å². The zero-order chi connectivity index (χ0) is 87.5. The lowest BCUT2D eigenvalue weighted by Crippen LogP contribution is -2.13. The van der Waals surface area contributed by atoms with Crippen molar-refractivity contribution in [2.24, 2.45) is 7.05 Å². The Hall–Kier alpha value is -12.4. The zero-order valence-electron chi connectivity index (χ0n) is 74.5. The van der Waals surface area contributed by atoms with Gasteiger partial charge in [0.1, 0.15) is 16.8 Å². The van der Waals surface area contributed by atoms with Crippen LogP contribution in [-0.2, 0) is 103 Å². The van der Waals surface area contributed by atoms with Crippen molar-refractivity contribution in [1.82, 2.24) is 14.5 Å². The van der Waals surface area contributed by atoms with Crippen molar-refractivity contribution in [3.05, 3.63) is 304 Å². The summed E-state index contributed by atoms with van der Waals surface area (Å²) in [4.78, 5) is 71.3. The van der Waals surface area contributed by atoms with Crippen LogP contribution >= 0.6 is 0 Å². The second kappa shape index (κ2) is 40.3. The van der Waals surface area contributed by atoms with E-state index in [1.54, 1.807) is 6.07 Å². The van der Waals surface area contributed by atoms with Crippen LogP contribution in [0.4, 0.5) is 34.1 Å². The van der Waals surface area contributed by atoms with Gasteiger partial charge < -0.3 is 49.6 Å². The lowest BCUT2D eigenvalue weighted by atomic mass is 9.86. The summed E-state index contributed by atoms with van der Waals surface area (Å²) in [5, 5.41) is 16.0. The predicted octanol–water partition coefficient (Wildman–Crippen LogP) is 23.5. The lowest BCUT2D eigenvalue weighted by Gasteiger charge is -2.19. The Morgan fingerprint density at radius 1 is 0.344 bits per heavy atom. The van der Waals surface area contributed by atoms with Gasteiger partial charge in [0, 0.05) is 116 Å². The number of fused-ring (bicyclic) bond motifs is 5. The van der Waals surface area contributed by atoms with Gasteiger partial charge in [-0.1, -0.05) is 225 Å². The van der Waals surface area contributed by atoms with Gasteiger partial charge in [0.2, 0.25) is 29.5 Å². The Balaban J connectivity index is 0.000000149. The highest BCUT2D eigenvalue weighted by molar-refractivity contribution is 5.96. The molecule has 0 fully saturated rings. The summed E-state index contributed by atoms with van der Waals surface area (Å²) in [6, 6.07) is 73.8. The van der Waals surface area contributed by atoms with Crippen LogP contribution in [0.5, 0.6) is 5.75 Å². The Morgan fingerprint density at radius 3 is 1.11 bits per heavy atom. The van der Waals surface area contributed by atoms with Gasteiger partial charge in [-0.05, 0) is 223 Å². The molecule has 17 heteroatoms. The number of likely N-dealkylation sites (N-methyl/N-ethyl adjacent to an activating group) is 1. The number of nitrogens with zero attached hydrogens (tertiary/aromatic N) is 4. The summed E-state index contributed by atoms with van der Waals surface area (Å²) < 4.78 is 18.0. The van der Waals surface area contributed by atoms with Crippen LogP contribution in [0, 0.1) is 0 Å². The molecule has 0 aliphatic carbocycles. The number of benzene rings is 10. The van der Waals surface area contributed by atoms with E-state index < -0.39 is 0 Å².